The smallest absolute Gasteiger partial charge is 0.251 e. The summed E-state index contributed by atoms with van der Waals surface area (Å²) in [6.07, 6.45) is 0.535. The lowest BCUT2D eigenvalue weighted by molar-refractivity contribution is 0.0954. The number of carbonyl (C=O) groups excluding carboxylic acids is 1. The Morgan fingerprint density at radius 3 is 2.88 bits per heavy atom. The van der Waals surface area contributed by atoms with E-state index in [0.29, 0.717) is 43.2 Å². The minimum absolute atomic E-state index is 0.0996. The van der Waals surface area contributed by atoms with Gasteiger partial charge >= 0.3 is 0 Å². The number of aromatic nitrogens is 4. The van der Waals surface area contributed by atoms with Gasteiger partial charge < -0.3 is 15.4 Å². The van der Waals surface area contributed by atoms with Crippen molar-refractivity contribution in [2.75, 3.05) is 32.1 Å². The molecular formula is C18H22N6O2. The summed E-state index contributed by atoms with van der Waals surface area (Å²) in [5.41, 5.74) is 2.37. The van der Waals surface area contributed by atoms with Gasteiger partial charge in [-0.25, -0.2) is 0 Å². The van der Waals surface area contributed by atoms with Gasteiger partial charge in [0.1, 0.15) is 5.82 Å². The first-order valence-corrected chi connectivity index (χ1v) is 8.46. The molecule has 26 heavy (non-hydrogen) atoms. The van der Waals surface area contributed by atoms with Crippen LogP contribution in [0.4, 0.5) is 5.82 Å². The molecule has 0 spiro atoms. The number of nitrogens with zero attached hydrogens (tertiary/aromatic N) is 4. The molecule has 8 nitrogen and oxygen atoms in total. The Bertz CT molecular complexity index is 892. The maximum Gasteiger partial charge on any atom is 0.251 e. The second-order valence-electron chi connectivity index (χ2n) is 5.90. The lowest BCUT2D eigenvalue weighted by Gasteiger charge is -2.07. The summed E-state index contributed by atoms with van der Waals surface area (Å²) in [6, 6.07) is 11.2. The molecule has 0 saturated heterocycles. The van der Waals surface area contributed by atoms with E-state index < -0.39 is 0 Å². The highest BCUT2D eigenvalue weighted by molar-refractivity contribution is 5.94. The Morgan fingerprint density at radius 1 is 1.19 bits per heavy atom. The summed E-state index contributed by atoms with van der Waals surface area (Å²) >= 11 is 0. The Morgan fingerprint density at radius 2 is 2.08 bits per heavy atom. The molecule has 136 valence electrons. The molecule has 2 heterocycles. The van der Waals surface area contributed by atoms with Crippen molar-refractivity contribution in [1.82, 2.24) is 25.1 Å². The number of benzene rings is 1. The van der Waals surface area contributed by atoms with Crippen molar-refractivity contribution in [1.29, 1.82) is 0 Å². The van der Waals surface area contributed by atoms with Crippen LogP contribution in [0, 0.1) is 6.92 Å². The Labute approximate surface area is 151 Å². The monoisotopic (exact) mass is 354 g/mol. The average Bonchev–Trinajstić information content (AvgIpc) is 3.04. The van der Waals surface area contributed by atoms with Crippen molar-refractivity contribution in [3.63, 3.8) is 0 Å². The number of hydrogen-bond acceptors (Lipinski definition) is 6. The summed E-state index contributed by atoms with van der Waals surface area (Å²) in [5.74, 6) is 1.32. The van der Waals surface area contributed by atoms with Gasteiger partial charge in [0.05, 0.1) is 6.61 Å². The molecule has 2 aromatic heterocycles. The minimum atomic E-state index is -0.0996. The third kappa shape index (κ3) is 4.34. The third-order valence-corrected chi connectivity index (χ3v) is 3.85. The Kier molecular flexibility index (Phi) is 5.75. The molecular weight excluding hydrogens is 332 g/mol. The number of carbonyl (C=O) groups is 1. The van der Waals surface area contributed by atoms with E-state index in [1.165, 1.54) is 0 Å². The zero-order valence-corrected chi connectivity index (χ0v) is 14.9. The highest BCUT2D eigenvalue weighted by Crippen LogP contribution is 2.08. The first kappa shape index (κ1) is 17.8. The van der Waals surface area contributed by atoms with Crippen molar-refractivity contribution < 1.29 is 9.53 Å². The lowest BCUT2D eigenvalue weighted by atomic mass is 10.1. The molecule has 0 aliphatic carbocycles. The van der Waals surface area contributed by atoms with Gasteiger partial charge in [-0.1, -0.05) is 17.7 Å². The van der Waals surface area contributed by atoms with Gasteiger partial charge in [-0.05, 0) is 31.2 Å². The van der Waals surface area contributed by atoms with E-state index in [-0.39, 0.29) is 5.91 Å². The summed E-state index contributed by atoms with van der Waals surface area (Å²) in [5, 5.41) is 18.8. The molecule has 0 aliphatic heterocycles. The largest absolute Gasteiger partial charge is 0.383 e. The molecule has 1 amide bonds. The molecule has 0 aliphatic rings. The highest BCUT2D eigenvalue weighted by Gasteiger charge is 2.09. The zero-order chi connectivity index (χ0) is 18.4. The number of ether oxygens (including phenoxy) is 1. The predicted octanol–water partition coefficient (Wildman–Crippen LogP) is 1.46. The summed E-state index contributed by atoms with van der Waals surface area (Å²) in [7, 11) is 1.65. The van der Waals surface area contributed by atoms with E-state index in [9.17, 15) is 4.79 Å². The topological polar surface area (TPSA) is 93.4 Å². The molecule has 2 N–H and O–H groups in total. The van der Waals surface area contributed by atoms with E-state index in [1.807, 2.05) is 37.3 Å². The Balaban J connectivity index is 1.61. The van der Waals surface area contributed by atoms with Crippen molar-refractivity contribution in [2.45, 2.75) is 13.3 Å². The van der Waals surface area contributed by atoms with Crippen molar-refractivity contribution >= 4 is 17.4 Å². The predicted molar refractivity (Wildman–Crippen MR) is 98.4 cm³/mol. The molecule has 0 saturated carbocycles. The highest BCUT2D eigenvalue weighted by atomic mass is 16.5. The van der Waals surface area contributed by atoms with Crippen molar-refractivity contribution in [2.24, 2.45) is 0 Å². The lowest BCUT2D eigenvalue weighted by Crippen LogP contribution is -2.26. The fraction of sp³-hybridized carbons (Fsp3) is 0.333. The number of amides is 1. The van der Waals surface area contributed by atoms with Crippen LogP contribution in [0.3, 0.4) is 0 Å². The summed E-state index contributed by atoms with van der Waals surface area (Å²) in [4.78, 5) is 12.2. The average molecular weight is 354 g/mol. The van der Waals surface area contributed by atoms with Crippen LogP contribution in [0.1, 0.15) is 21.7 Å². The van der Waals surface area contributed by atoms with Gasteiger partial charge in [0.25, 0.3) is 5.91 Å². The maximum absolute atomic E-state index is 12.2. The van der Waals surface area contributed by atoms with Crippen LogP contribution in [-0.4, -0.2) is 52.5 Å². The number of hydrogen-bond donors (Lipinski definition) is 2. The number of methoxy groups -OCH3 is 1. The van der Waals surface area contributed by atoms with E-state index in [2.05, 4.69) is 25.9 Å². The fourth-order valence-corrected chi connectivity index (χ4v) is 2.54. The summed E-state index contributed by atoms with van der Waals surface area (Å²) < 4.78 is 6.71. The van der Waals surface area contributed by atoms with Gasteiger partial charge in [-0.15, -0.1) is 15.3 Å². The molecule has 3 rings (SSSR count). The van der Waals surface area contributed by atoms with Crippen LogP contribution in [-0.2, 0) is 11.2 Å². The van der Waals surface area contributed by atoms with Crippen LogP contribution < -0.4 is 10.6 Å². The molecule has 1 aromatic carbocycles. The van der Waals surface area contributed by atoms with E-state index in [4.69, 9.17) is 4.74 Å². The number of anilines is 1. The van der Waals surface area contributed by atoms with Crippen LogP contribution in [0.2, 0.25) is 0 Å². The standard InChI is InChI=1S/C18H22N6O2/c1-13-4-3-5-14(12-13)18(25)20-9-8-17-22-21-16-7-6-15(23-24(16)17)19-10-11-26-2/h3-7,12H,8-11H2,1-2H3,(H,19,23)(H,20,25). The first-order chi connectivity index (χ1) is 12.7. The first-order valence-electron chi connectivity index (χ1n) is 8.46. The number of nitrogens with one attached hydrogen (secondary N) is 2. The van der Waals surface area contributed by atoms with Gasteiger partial charge in [0, 0.05) is 32.2 Å². The zero-order valence-electron chi connectivity index (χ0n) is 14.9. The minimum Gasteiger partial charge on any atom is -0.383 e. The SMILES string of the molecule is COCCNc1ccc2nnc(CCNC(=O)c3cccc(C)c3)n2n1. The molecule has 0 unspecified atom stereocenters. The fourth-order valence-electron chi connectivity index (χ4n) is 2.54. The quantitative estimate of drug-likeness (QED) is 0.595. The third-order valence-electron chi connectivity index (χ3n) is 3.85. The second-order valence-corrected chi connectivity index (χ2v) is 5.90. The van der Waals surface area contributed by atoms with Crippen molar-refractivity contribution in [3.8, 4) is 0 Å². The van der Waals surface area contributed by atoms with Crippen LogP contribution >= 0.6 is 0 Å². The van der Waals surface area contributed by atoms with Gasteiger partial charge in [0.15, 0.2) is 11.5 Å². The Hall–Kier alpha value is -3.00. The second kappa shape index (κ2) is 8.39. The molecule has 8 heteroatoms. The van der Waals surface area contributed by atoms with E-state index in [0.717, 1.165) is 11.4 Å². The molecule has 0 bridgehead atoms. The van der Waals surface area contributed by atoms with Gasteiger partial charge in [-0.3, -0.25) is 4.79 Å². The van der Waals surface area contributed by atoms with Crippen LogP contribution in [0.15, 0.2) is 36.4 Å². The normalized spacial score (nSPS) is 10.8. The maximum atomic E-state index is 12.2. The van der Waals surface area contributed by atoms with Crippen molar-refractivity contribution in [3.05, 3.63) is 53.3 Å². The van der Waals surface area contributed by atoms with Crippen LogP contribution in [0.5, 0.6) is 0 Å². The number of aryl methyl sites for hydroxylation is 1. The van der Waals surface area contributed by atoms with Gasteiger partial charge in [0.2, 0.25) is 0 Å². The molecule has 0 radical (unpaired) electrons. The summed E-state index contributed by atoms with van der Waals surface area (Å²) in [6.45, 7) is 3.68. The number of fused-ring (bicyclic) bond motifs is 1. The molecule has 0 atom stereocenters. The molecule has 0 fully saturated rings. The van der Waals surface area contributed by atoms with Gasteiger partial charge in [-0.2, -0.15) is 4.52 Å². The van der Waals surface area contributed by atoms with E-state index >= 15 is 0 Å². The number of rotatable bonds is 8. The van der Waals surface area contributed by atoms with Crippen LogP contribution in [0.25, 0.3) is 5.65 Å². The molecule has 3 aromatic rings. The van der Waals surface area contributed by atoms with E-state index in [1.54, 1.807) is 17.7 Å².